The Hall–Kier alpha value is -2.27. The van der Waals surface area contributed by atoms with Crippen LogP contribution in [0, 0.1) is 0 Å². The van der Waals surface area contributed by atoms with Crippen molar-refractivity contribution < 1.29 is 59.7 Å². The fourth-order valence-electron chi connectivity index (χ4n) is 2.73. The molecule has 0 fully saturated rings. The molecule has 5 atom stereocenters. The van der Waals surface area contributed by atoms with Crippen molar-refractivity contribution in [2.24, 2.45) is 11.5 Å². The molecule has 0 radical (unpaired) electrons. The molecule has 0 aromatic heterocycles. The Kier molecular flexibility index (Phi) is 19.4. The Bertz CT molecular complexity index is 825. The van der Waals surface area contributed by atoms with E-state index in [4.69, 9.17) is 42.1 Å². The van der Waals surface area contributed by atoms with Crippen molar-refractivity contribution in [2.75, 3.05) is 24.6 Å². The summed E-state index contributed by atoms with van der Waals surface area (Å²) in [6, 6.07) is -4.58. The van der Waals surface area contributed by atoms with Crippen molar-refractivity contribution in [1.29, 1.82) is 0 Å². The smallest absolute Gasteiger partial charge is 0.320 e. The quantitative estimate of drug-likeness (QED) is 0.0233. The van der Waals surface area contributed by atoms with Crippen LogP contribution in [0.25, 0.3) is 0 Å². The Balaban J connectivity index is 5.14. The number of rotatable bonds is 22. The molecule has 18 nitrogen and oxygen atoms in total. The van der Waals surface area contributed by atoms with Crippen molar-refractivity contribution in [3.63, 3.8) is 0 Å². The molecule has 15 N–H and O–H groups in total. The zero-order valence-electron chi connectivity index (χ0n) is 21.3. The SMILES string of the molecule is N[C@@H](CCNC(=O)[C@@H](CSSC[C@@H](NC(O)CC(O)O)C(=O)NCC[C@H](N)C(O)O)NC(=O)CC(=O)O)C(=O)O. The van der Waals surface area contributed by atoms with Crippen molar-refractivity contribution in [3.8, 4) is 0 Å². The number of amides is 3. The standard InChI is InChI=1S/C20H38N6O12S2/c21-9(19(35)36)1-3-23-17(33)11(25-13(27)5-15(29)30)7-39-40-8-12(26-14(28)6-16(31)32)18(34)24-4-2-10(22)20(37)38/h9-13,15,19,25,27,29-30,35-36H,1-8,21-22H2,(H,23,33)(H,24,34)(H,26,28)(H,31,32)(H,37,38)/t9-,10-,11+,12+,13?/m0/s1. The van der Waals surface area contributed by atoms with Crippen LogP contribution >= 0.6 is 21.6 Å². The van der Waals surface area contributed by atoms with E-state index in [1.54, 1.807) is 0 Å². The molecule has 0 aliphatic carbocycles. The molecule has 1 unspecified atom stereocenters. The molecule has 40 heavy (non-hydrogen) atoms. The second kappa shape index (κ2) is 20.6. The zero-order valence-corrected chi connectivity index (χ0v) is 23.0. The molecule has 0 saturated carbocycles. The third-order valence-corrected chi connectivity index (χ3v) is 7.31. The molecule has 0 saturated heterocycles. The molecule has 0 rings (SSSR count). The second-order valence-electron chi connectivity index (χ2n) is 8.39. The highest BCUT2D eigenvalue weighted by molar-refractivity contribution is 8.76. The first-order valence-corrected chi connectivity index (χ1v) is 14.3. The van der Waals surface area contributed by atoms with Gasteiger partial charge in [-0.3, -0.25) is 29.3 Å². The van der Waals surface area contributed by atoms with Gasteiger partial charge in [0.05, 0.1) is 12.1 Å². The van der Waals surface area contributed by atoms with Crippen LogP contribution in [0.5, 0.6) is 0 Å². The lowest BCUT2D eigenvalue weighted by atomic mass is 10.2. The summed E-state index contributed by atoms with van der Waals surface area (Å²) in [6.07, 6.45) is -6.66. The van der Waals surface area contributed by atoms with Gasteiger partial charge >= 0.3 is 11.9 Å². The molecule has 0 spiro atoms. The van der Waals surface area contributed by atoms with Crippen LogP contribution in [0.3, 0.4) is 0 Å². The Morgan fingerprint density at radius 2 is 1.30 bits per heavy atom. The number of aliphatic hydroxyl groups excluding tert-OH is 3. The van der Waals surface area contributed by atoms with E-state index in [0.29, 0.717) is 0 Å². The first-order chi connectivity index (χ1) is 18.6. The van der Waals surface area contributed by atoms with Gasteiger partial charge in [-0.05, 0) is 12.8 Å². The van der Waals surface area contributed by atoms with Crippen molar-refractivity contribution in [3.05, 3.63) is 0 Å². The Morgan fingerprint density at radius 1 is 0.775 bits per heavy atom. The van der Waals surface area contributed by atoms with Gasteiger partial charge in [0.2, 0.25) is 17.7 Å². The summed E-state index contributed by atoms with van der Waals surface area (Å²) in [5, 5.41) is 73.4. The first-order valence-electron chi connectivity index (χ1n) is 11.8. The number of carboxylic acids is 2. The maximum absolute atomic E-state index is 12.6. The normalized spacial score (nSPS) is 15.1. The minimum absolute atomic E-state index is 0.0140. The summed E-state index contributed by atoms with van der Waals surface area (Å²) in [5.74, 6) is -5.17. The average molecular weight is 619 g/mol. The lowest BCUT2D eigenvalue weighted by Gasteiger charge is -2.23. The van der Waals surface area contributed by atoms with Crippen molar-refractivity contribution in [1.82, 2.24) is 21.3 Å². The lowest BCUT2D eigenvalue weighted by molar-refractivity contribution is -0.141. The summed E-state index contributed by atoms with van der Waals surface area (Å²) in [6.45, 7) is -0.178. The number of carbonyl (C=O) groups is 5. The highest BCUT2D eigenvalue weighted by Gasteiger charge is 2.25. The summed E-state index contributed by atoms with van der Waals surface area (Å²) in [4.78, 5) is 58.7. The van der Waals surface area contributed by atoms with Gasteiger partial charge in [0.25, 0.3) is 0 Å². The minimum Gasteiger partial charge on any atom is -0.481 e. The second-order valence-corrected chi connectivity index (χ2v) is 10.9. The fraction of sp³-hybridized carbons (Fsp3) is 0.750. The molecule has 0 aliphatic rings. The van der Waals surface area contributed by atoms with E-state index in [1.807, 2.05) is 0 Å². The number of nitrogens with two attached hydrogens (primary N) is 2. The number of carbonyl (C=O) groups excluding carboxylic acids is 3. The summed E-state index contributed by atoms with van der Waals surface area (Å²) in [5.41, 5.74) is 10.9. The van der Waals surface area contributed by atoms with E-state index >= 15 is 0 Å². The van der Waals surface area contributed by atoms with Gasteiger partial charge in [-0.2, -0.15) is 0 Å². The maximum Gasteiger partial charge on any atom is 0.320 e. The van der Waals surface area contributed by atoms with Gasteiger partial charge in [-0.1, -0.05) is 21.6 Å². The maximum atomic E-state index is 12.6. The third kappa shape index (κ3) is 18.1. The van der Waals surface area contributed by atoms with E-state index in [-0.39, 0.29) is 37.4 Å². The monoisotopic (exact) mass is 618 g/mol. The van der Waals surface area contributed by atoms with Crippen LogP contribution < -0.4 is 32.7 Å². The summed E-state index contributed by atoms with van der Waals surface area (Å²) < 4.78 is 0. The molecule has 20 heteroatoms. The largest absolute Gasteiger partial charge is 0.481 e. The van der Waals surface area contributed by atoms with Crippen LogP contribution in [0.1, 0.15) is 25.7 Å². The average Bonchev–Trinajstić information content (AvgIpc) is 2.83. The third-order valence-electron chi connectivity index (χ3n) is 4.89. The number of hydrogen-bond donors (Lipinski definition) is 13. The van der Waals surface area contributed by atoms with E-state index in [2.05, 4.69) is 21.3 Å². The number of nitrogens with one attached hydrogen (secondary N) is 4. The molecule has 0 aromatic rings. The van der Waals surface area contributed by atoms with Crippen molar-refractivity contribution in [2.45, 2.75) is 68.7 Å². The summed E-state index contributed by atoms with van der Waals surface area (Å²) in [7, 11) is 2.02. The van der Waals surface area contributed by atoms with Gasteiger partial charge in [0, 0.05) is 31.0 Å². The molecule has 0 bridgehead atoms. The highest BCUT2D eigenvalue weighted by Crippen LogP contribution is 2.23. The predicted molar refractivity (Wildman–Crippen MR) is 142 cm³/mol. The van der Waals surface area contributed by atoms with E-state index < -0.39 is 85.5 Å². The summed E-state index contributed by atoms with van der Waals surface area (Å²) >= 11 is 0. The van der Waals surface area contributed by atoms with Gasteiger partial charge in [-0.15, -0.1) is 0 Å². The molecular formula is C20H38N6O12S2. The van der Waals surface area contributed by atoms with Crippen LogP contribution in [-0.4, -0.2) is 133 Å². The van der Waals surface area contributed by atoms with Crippen LogP contribution in [-0.2, 0) is 24.0 Å². The van der Waals surface area contributed by atoms with Crippen LogP contribution in [0.4, 0.5) is 0 Å². The molecule has 232 valence electrons. The van der Waals surface area contributed by atoms with Crippen molar-refractivity contribution >= 4 is 51.2 Å². The van der Waals surface area contributed by atoms with Crippen LogP contribution in [0.15, 0.2) is 0 Å². The number of carboxylic acid groups (broad SMARTS) is 2. The van der Waals surface area contributed by atoms with E-state index in [9.17, 15) is 29.1 Å². The van der Waals surface area contributed by atoms with E-state index in [0.717, 1.165) is 21.6 Å². The Labute approximate surface area is 237 Å². The molecule has 0 heterocycles. The zero-order chi connectivity index (χ0) is 30.8. The number of aliphatic carboxylic acids is 2. The first kappa shape index (κ1) is 37.7. The van der Waals surface area contributed by atoms with E-state index in [1.165, 1.54) is 0 Å². The van der Waals surface area contributed by atoms with Gasteiger partial charge in [0.15, 0.2) is 12.6 Å². The number of hydrogen-bond acceptors (Lipinski definition) is 15. The molecule has 0 aliphatic heterocycles. The highest BCUT2D eigenvalue weighted by atomic mass is 33.1. The van der Waals surface area contributed by atoms with Crippen LogP contribution in [0.2, 0.25) is 0 Å². The lowest BCUT2D eigenvalue weighted by Crippen LogP contribution is -2.51. The predicted octanol–water partition coefficient (Wildman–Crippen LogP) is -5.63. The molecule has 0 aromatic carbocycles. The number of aliphatic hydroxyl groups is 5. The van der Waals surface area contributed by atoms with Gasteiger partial charge in [-0.25, -0.2) is 0 Å². The fourth-order valence-corrected chi connectivity index (χ4v) is 5.07. The Morgan fingerprint density at radius 3 is 1.80 bits per heavy atom. The van der Waals surface area contributed by atoms with Gasteiger partial charge in [0.1, 0.15) is 24.7 Å². The topological polar surface area (TPSA) is 327 Å². The van der Waals surface area contributed by atoms with Gasteiger partial charge < -0.3 is 63.2 Å². The minimum atomic E-state index is -1.86. The molecular weight excluding hydrogens is 580 g/mol. The molecule has 3 amide bonds.